The number of halogens is 2. The Morgan fingerprint density at radius 1 is 1.08 bits per heavy atom. The number of nitrogens with zero attached hydrogens (tertiary/aromatic N) is 1. The quantitative estimate of drug-likeness (QED) is 0.712. The van der Waals surface area contributed by atoms with Crippen molar-refractivity contribution in [3.8, 4) is 0 Å². The molecule has 0 saturated heterocycles. The van der Waals surface area contributed by atoms with Crippen molar-refractivity contribution in [3.05, 3.63) is 95.0 Å². The van der Waals surface area contributed by atoms with E-state index in [2.05, 4.69) is 10.3 Å². The number of rotatable bonds is 5. The first-order valence-corrected chi connectivity index (χ1v) is 8.20. The highest BCUT2D eigenvalue weighted by molar-refractivity contribution is 6.30. The van der Waals surface area contributed by atoms with Crippen LogP contribution in [0.2, 0.25) is 5.02 Å². The Kier molecular flexibility index (Phi) is 5.41. The minimum atomic E-state index is -0.411. The second kappa shape index (κ2) is 7.90. The predicted molar refractivity (Wildman–Crippen MR) is 97.2 cm³/mol. The van der Waals surface area contributed by atoms with Gasteiger partial charge in [-0.05, 0) is 60.0 Å². The highest BCUT2D eigenvalue weighted by Gasteiger charge is 2.21. The lowest BCUT2D eigenvalue weighted by atomic mass is 9.91. The van der Waals surface area contributed by atoms with Crippen molar-refractivity contribution in [2.24, 2.45) is 0 Å². The van der Waals surface area contributed by atoms with Gasteiger partial charge in [-0.3, -0.25) is 9.78 Å². The van der Waals surface area contributed by atoms with E-state index in [-0.39, 0.29) is 11.7 Å². The number of benzene rings is 2. The van der Waals surface area contributed by atoms with Gasteiger partial charge in [-0.1, -0.05) is 29.8 Å². The van der Waals surface area contributed by atoms with Crippen LogP contribution in [0, 0.1) is 5.82 Å². The van der Waals surface area contributed by atoms with Gasteiger partial charge in [0.05, 0.1) is 5.92 Å². The van der Waals surface area contributed by atoms with Crippen LogP contribution in [0.4, 0.5) is 10.1 Å². The maximum atomic E-state index is 13.0. The summed E-state index contributed by atoms with van der Waals surface area (Å²) in [5.74, 6) is -0.924. The Bertz CT molecular complexity index is 836. The van der Waals surface area contributed by atoms with E-state index < -0.39 is 5.92 Å². The van der Waals surface area contributed by atoms with Crippen LogP contribution >= 0.6 is 11.6 Å². The molecular weight excluding hydrogens is 339 g/mol. The molecule has 0 aliphatic carbocycles. The first-order valence-electron chi connectivity index (χ1n) is 7.82. The third kappa shape index (κ3) is 4.64. The van der Waals surface area contributed by atoms with Gasteiger partial charge in [-0.25, -0.2) is 4.39 Å². The van der Waals surface area contributed by atoms with E-state index in [4.69, 9.17) is 11.6 Å². The smallest absolute Gasteiger partial charge is 0.232 e. The normalized spacial score (nSPS) is 11.8. The minimum absolute atomic E-state index is 0.169. The van der Waals surface area contributed by atoms with Crippen molar-refractivity contribution < 1.29 is 9.18 Å². The molecule has 0 bridgehead atoms. The van der Waals surface area contributed by atoms with Crippen molar-refractivity contribution in [3.63, 3.8) is 0 Å². The second-order valence-electron chi connectivity index (χ2n) is 5.67. The molecule has 0 aliphatic rings. The first kappa shape index (κ1) is 17.1. The van der Waals surface area contributed by atoms with Gasteiger partial charge in [-0.15, -0.1) is 0 Å². The van der Waals surface area contributed by atoms with Crippen LogP contribution in [0.3, 0.4) is 0 Å². The van der Waals surface area contributed by atoms with Gasteiger partial charge in [0, 0.05) is 23.1 Å². The zero-order valence-electron chi connectivity index (χ0n) is 13.3. The predicted octanol–water partition coefficient (Wildman–Crippen LogP) is 4.84. The average molecular weight is 355 g/mol. The van der Waals surface area contributed by atoms with E-state index in [1.54, 1.807) is 24.5 Å². The summed E-state index contributed by atoms with van der Waals surface area (Å²) in [4.78, 5) is 16.9. The Hall–Kier alpha value is -2.72. The molecule has 3 aromatic rings. The van der Waals surface area contributed by atoms with Gasteiger partial charge < -0.3 is 5.32 Å². The van der Waals surface area contributed by atoms with E-state index in [1.165, 1.54) is 24.3 Å². The van der Waals surface area contributed by atoms with E-state index in [0.717, 1.165) is 11.1 Å². The zero-order chi connectivity index (χ0) is 17.6. The van der Waals surface area contributed by atoms with Crippen molar-refractivity contribution in [2.75, 3.05) is 5.32 Å². The van der Waals surface area contributed by atoms with E-state index >= 15 is 0 Å². The molecule has 5 heteroatoms. The molecule has 0 aliphatic heterocycles. The number of hydrogen-bond donors (Lipinski definition) is 1. The first-order chi connectivity index (χ1) is 12.1. The maximum absolute atomic E-state index is 13.0. The van der Waals surface area contributed by atoms with Crippen molar-refractivity contribution >= 4 is 23.2 Å². The molecule has 1 amide bonds. The van der Waals surface area contributed by atoms with Crippen LogP contribution in [0.15, 0.2) is 73.1 Å². The van der Waals surface area contributed by atoms with Gasteiger partial charge in [0.2, 0.25) is 5.91 Å². The highest BCUT2D eigenvalue weighted by atomic mass is 35.5. The fourth-order valence-corrected chi connectivity index (χ4v) is 2.70. The number of pyridine rings is 1. The summed E-state index contributed by atoms with van der Waals surface area (Å²) < 4.78 is 13.0. The molecule has 0 saturated carbocycles. The lowest BCUT2D eigenvalue weighted by Gasteiger charge is -2.17. The molecule has 1 aromatic heterocycles. The number of carbonyl (C=O) groups excluding carboxylic acids is 1. The molecule has 25 heavy (non-hydrogen) atoms. The summed E-state index contributed by atoms with van der Waals surface area (Å²) in [6.07, 6.45) is 3.94. The molecular formula is C20H16ClFN2O. The standard InChI is InChI=1S/C20H16ClFN2O/c21-16-5-3-15(4-6-16)19(12-14-2-1-11-23-13-14)20(25)24-18-9-7-17(22)8-10-18/h1-11,13,19H,12H2,(H,24,25). The van der Waals surface area contributed by atoms with E-state index in [1.807, 2.05) is 24.3 Å². The van der Waals surface area contributed by atoms with Gasteiger partial charge >= 0.3 is 0 Å². The number of anilines is 1. The Morgan fingerprint density at radius 2 is 1.80 bits per heavy atom. The van der Waals surface area contributed by atoms with Gasteiger partial charge in [-0.2, -0.15) is 0 Å². The molecule has 1 atom stereocenters. The van der Waals surface area contributed by atoms with Crippen molar-refractivity contribution in [1.29, 1.82) is 0 Å². The van der Waals surface area contributed by atoms with Gasteiger partial charge in [0.25, 0.3) is 0 Å². The molecule has 0 fully saturated rings. The Balaban J connectivity index is 1.85. The topological polar surface area (TPSA) is 42.0 Å². The van der Waals surface area contributed by atoms with Crippen LogP contribution in [0.25, 0.3) is 0 Å². The molecule has 1 N–H and O–H groups in total. The number of nitrogens with one attached hydrogen (secondary N) is 1. The van der Waals surface area contributed by atoms with Crippen molar-refractivity contribution in [1.82, 2.24) is 4.98 Å². The number of hydrogen-bond acceptors (Lipinski definition) is 2. The zero-order valence-corrected chi connectivity index (χ0v) is 14.1. The molecule has 0 spiro atoms. The average Bonchev–Trinajstić information content (AvgIpc) is 2.63. The van der Waals surface area contributed by atoms with Crippen LogP contribution in [-0.4, -0.2) is 10.9 Å². The lowest BCUT2D eigenvalue weighted by Crippen LogP contribution is -2.23. The molecule has 126 valence electrons. The fraction of sp³-hybridized carbons (Fsp3) is 0.100. The summed E-state index contributed by atoms with van der Waals surface area (Å²) in [5, 5.41) is 3.46. The van der Waals surface area contributed by atoms with Crippen LogP contribution < -0.4 is 5.32 Å². The Morgan fingerprint density at radius 3 is 2.44 bits per heavy atom. The monoisotopic (exact) mass is 354 g/mol. The maximum Gasteiger partial charge on any atom is 0.232 e. The molecule has 1 unspecified atom stereocenters. The molecule has 1 heterocycles. The number of amides is 1. The third-order valence-corrected chi connectivity index (χ3v) is 4.12. The van der Waals surface area contributed by atoms with E-state index in [0.29, 0.717) is 17.1 Å². The fourth-order valence-electron chi connectivity index (χ4n) is 2.57. The molecule has 0 radical (unpaired) electrons. The van der Waals surface area contributed by atoms with Crippen LogP contribution in [0.5, 0.6) is 0 Å². The summed E-state index contributed by atoms with van der Waals surface area (Å²) in [7, 11) is 0. The van der Waals surface area contributed by atoms with Crippen LogP contribution in [0.1, 0.15) is 17.0 Å². The summed E-state index contributed by atoms with van der Waals surface area (Å²) in [6.45, 7) is 0. The lowest BCUT2D eigenvalue weighted by molar-refractivity contribution is -0.117. The molecule has 2 aromatic carbocycles. The second-order valence-corrected chi connectivity index (χ2v) is 6.10. The van der Waals surface area contributed by atoms with Gasteiger partial charge in [0.1, 0.15) is 5.82 Å². The summed E-state index contributed by atoms with van der Waals surface area (Å²) >= 11 is 5.95. The SMILES string of the molecule is O=C(Nc1ccc(F)cc1)C(Cc1cccnc1)c1ccc(Cl)cc1. The third-order valence-electron chi connectivity index (χ3n) is 3.86. The largest absolute Gasteiger partial charge is 0.326 e. The molecule has 3 rings (SSSR count). The Labute approximate surface area is 150 Å². The number of carbonyl (C=O) groups is 1. The molecule has 3 nitrogen and oxygen atoms in total. The van der Waals surface area contributed by atoms with E-state index in [9.17, 15) is 9.18 Å². The van der Waals surface area contributed by atoms with Gasteiger partial charge in [0.15, 0.2) is 0 Å². The van der Waals surface area contributed by atoms with Crippen molar-refractivity contribution in [2.45, 2.75) is 12.3 Å². The minimum Gasteiger partial charge on any atom is -0.326 e. The summed E-state index contributed by atoms with van der Waals surface area (Å²) in [6, 6.07) is 16.7. The van der Waals surface area contributed by atoms with Crippen LogP contribution in [-0.2, 0) is 11.2 Å². The number of aromatic nitrogens is 1. The highest BCUT2D eigenvalue weighted by Crippen LogP contribution is 2.24. The summed E-state index contributed by atoms with van der Waals surface area (Å²) in [5.41, 5.74) is 2.36.